The summed E-state index contributed by atoms with van der Waals surface area (Å²) in [7, 11) is 0. The van der Waals surface area contributed by atoms with Gasteiger partial charge in [0.15, 0.2) is 0 Å². The number of nitrogens with zero attached hydrogens (tertiary/aromatic N) is 2. The molecule has 1 aromatic heterocycles. The predicted octanol–water partition coefficient (Wildman–Crippen LogP) is 2.12. The minimum atomic E-state index is -0.00583. The fourth-order valence-electron chi connectivity index (χ4n) is 3.80. The Morgan fingerprint density at radius 2 is 2.30 bits per heavy atom. The molecule has 4 heteroatoms. The highest BCUT2D eigenvalue weighted by Crippen LogP contribution is 2.40. The molecular formula is C16H27N3O. The quantitative estimate of drug-likeness (QED) is 0.802. The first-order valence-electron chi connectivity index (χ1n) is 8.16. The maximum atomic E-state index is 9.94. The monoisotopic (exact) mass is 277 g/mol. The highest BCUT2D eigenvalue weighted by molar-refractivity contribution is 5.03. The Bertz CT molecular complexity index is 441. The molecule has 4 nitrogen and oxygen atoms in total. The molecule has 3 rings (SSSR count). The lowest BCUT2D eigenvalue weighted by molar-refractivity contribution is 0.115. The summed E-state index contributed by atoms with van der Waals surface area (Å²) < 4.78 is 2.28. The van der Waals surface area contributed by atoms with E-state index >= 15 is 0 Å². The van der Waals surface area contributed by atoms with Crippen LogP contribution in [0.25, 0.3) is 0 Å². The van der Waals surface area contributed by atoms with Crippen molar-refractivity contribution in [3.05, 3.63) is 18.2 Å². The van der Waals surface area contributed by atoms with Crippen LogP contribution in [0.4, 0.5) is 0 Å². The van der Waals surface area contributed by atoms with Crippen molar-refractivity contribution >= 4 is 0 Å². The number of aliphatic hydroxyl groups excluding tert-OH is 1. The Kier molecular flexibility index (Phi) is 4.13. The van der Waals surface area contributed by atoms with E-state index in [0.29, 0.717) is 18.6 Å². The first kappa shape index (κ1) is 14.1. The number of aromatic nitrogens is 2. The van der Waals surface area contributed by atoms with Crippen molar-refractivity contribution < 1.29 is 5.11 Å². The summed E-state index contributed by atoms with van der Waals surface area (Å²) in [6, 6.07) is 0.669. The molecule has 2 aliphatic rings. The van der Waals surface area contributed by atoms with Crippen molar-refractivity contribution in [3.63, 3.8) is 0 Å². The number of hydrogen-bond acceptors (Lipinski definition) is 3. The van der Waals surface area contributed by atoms with E-state index in [1.165, 1.54) is 31.5 Å². The average molecular weight is 277 g/mol. The molecule has 20 heavy (non-hydrogen) atoms. The summed E-state index contributed by atoms with van der Waals surface area (Å²) in [6.07, 6.45) is 12.3. The molecule has 1 heterocycles. The number of nitrogens with one attached hydrogen (secondary N) is 1. The Hall–Kier alpha value is -0.870. The molecule has 2 atom stereocenters. The highest BCUT2D eigenvalue weighted by atomic mass is 16.3. The van der Waals surface area contributed by atoms with Crippen LogP contribution in [0.1, 0.15) is 51.3 Å². The van der Waals surface area contributed by atoms with Gasteiger partial charge in [-0.3, -0.25) is 0 Å². The second-order valence-corrected chi connectivity index (χ2v) is 6.50. The maximum absolute atomic E-state index is 9.94. The molecule has 2 N–H and O–H groups in total. The minimum Gasteiger partial charge on any atom is -0.394 e. The minimum absolute atomic E-state index is 0.00583. The van der Waals surface area contributed by atoms with Gasteiger partial charge in [0.2, 0.25) is 0 Å². The van der Waals surface area contributed by atoms with Gasteiger partial charge in [-0.2, -0.15) is 0 Å². The maximum Gasteiger partial charge on any atom is 0.108 e. The number of imidazole rings is 1. The predicted molar refractivity (Wildman–Crippen MR) is 79.5 cm³/mol. The molecule has 0 aliphatic heterocycles. The molecule has 0 bridgehead atoms. The highest BCUT2D eigenvalue weighted by Gasteiger charge is 2.44. The largest absolute Gasteiger partial charge is 0.394 e. The van der Waals surface area contributed by atoms with E-state index in [2.05, 4.69) is 28.0 Å². The van der Waals surface area contributed by atoms with Crippen molar-refractivity contribution in [1.82, 2.24) is 14.9 Å². The van der Waals surface area contributed by atoms with Crippen LogP contribution in [0, 0.1) is 5.92 Å². The Morgan fingerprint density at radius 1 is 1.45 bits per heavy atom. The van der Waals surface area contributed by atoms with Gasteiger partial charge in [0.05, 0.1) is 6.61 Å². The van der Waals surface area contributed by atoms with Crippen LogP contribution in [-0.4, -0.2) is 32.8 Å². The summed E-state index contributed by atoms with van der Waals surface area (Å²) in [6.45, 7) is 3.47. The third kappa shape index (κ3) is 2.77. The van der Waals surface area contributed by atoms with E-state index in [4.69, 9.17) is 0 Å². The molecule has 2 fully saturated rings. The van der Waals surface area contributed by atoms with E-state index < -0.39 is 0 Å². The van der Waals surface area contributed by atoms with Gasteiger partial charge in [-0.05, 0) is 38.0 Å². The number of aliphatic hydroxyl groups is 1. The zero-order valence-corrected chi connectivity index (χ0v) is 12.5. The zero-order valence-electron chi connectivity index (χ0n) is 12.5. The van der Waals surface area contributed by atoms with Crippen LogP contribution in [-0.2, 0) is 13.0 Å². The Labute approximate surface area is 121 Å². The molecular weight excluding hydrogens is 250 g/mol. The number of hydrogen-bond donors (Lipinski definition) is 2. The summed E-state index contributed by atoms with van der Waals surface area (Å²) >= 11 is 0. The molecule has 112 valence electrons. The second-order valence-electron chi connectivity index (χ2n) is 6.50. The summed E-state index contributed by atoms with van der Waals surface area (Å²) in [4.78, 5) is 4.39. The van der Waals surface area contributed by atoms with Crippen molar-refractivity contribution in [2.45, 2.75) is 70.0 Å². The summed E-state index contributed by atoms with van der Waals surface area (Å²) in [5.74, 6) is 1.77. The van der Waals surface area contributed by atoms with E-state index in [0.717, 1.165) is 25.8 Å². The lowest BCUT2D eigenvalue weighted by Gasteiger charge is -2.35. The average Bonchev–Trinajstić information content (AvgIpc) is 3.02. The van der Waals surface area contributed by atoms with E-state index in [1.54, 1.807) is 0 Å². The van der Waals surface area contributed by atoms with Gasteiger partial charge >= 0.3 is 0 Å². The van der Waals surface area contributed by atoms with Crippen LogP contribution in [0.3, 0.4) is 0 Å². The molecule has 2 unspecified atom stereocenters. The molecule has 0 radical (unpaired) electrons. The fourth-order valence-corrected chi connectivity index (χ4v) is 3.80. The van der Waals surface area contributed by atoms with Gasteiger partial charge in [-0.25, -0.2) is 4.98 Å². The molecule has 1 aromatic rings. The third-order valence-corrected chi connectivity index (χ3v) is 5.14. The first-order chi connectivity index (χ1) is 9.77. The zero-order chi connectivity index (χ0) is 14.0. The van der Waals surface area contributed by atoms with Crippen molar-refractivity contribution in [1.29, 1.82) is 0 Å². The number of aryl methyl sites for hydroxylation is 2. The summed E-state index contributed by atoms with van der Waals surface area (Å²) in [5.41, 5.74) is -0.00583. The van der Waals surface area contributed by atoms with E-state index in [9.17, 15) is 5.11 Å². The van der Waals surface area contributed by atoms with E-state index in [1.807, 2.05) is 6.20 Å². The SMILES string of the molecule is CCc1nccn1CCC1CCCC1(CO)NC1CC1. The first-order valence-corrected chi connectivity index (χ1v) is 8.16. The topological polar surface area (TPSA) is 50.1 Å². The molecule has 2 aliphatic carbocycles. The van der Waals surface area contributed by atoms with Gasteiger partial charge < -0.3 is 15.0 Å². The lowest BCUT2D eigenvalue weighted by Crippen LogP contribution is -2.52. The van der Waals surface area contributed by atoms with Crippen molar-refractivity contribution in [2.75, 3.05) is 6.61 Å². The van der Waals surface area contributed by atoms with Gasteiger partial charge in [0.25, 0.3) is 0 Å². The molecule has 2 saturated carbocycles. The number of rotatable bonds is 7. The summed E-state index contributed by atoms with van der Waals surface area (Å²) in [5, 5.41) is 13.7. The van der Waals surface area contributed by atoms with Crippen LogP contribution in [0.2, 0.25) is 0 Å². The Morgan fingerprint density at radius 3 is 3.00 bits per heavy atom. The molecule has 0 aromatic carbocycles. The van der Waals surface area contributed by atoms with Crippen molar-refractivity contribution in [3.8, 4) is 0 Å². The van der Waals surface area contributed by atoms with E-state index in [-0.39, 0.29) is 5.54 Å². The lowest BCUT2D eigenvalue weighted by atomic mass is 9.85. The van der Waals surface area contributed by atoms with Crippen LogP contribution in [0.15, 0.2) is 12.4 Å². The third-order valence-electron chi connectivity index (χ3n) is 5.14. The molecule has 0 spiro atoms. The van der Waals surface area contributed by atoms with Crippen molar-refractivity contribution in [2.24, 2.45) is 5.92 Å². The smallest absolute Gasteiger partial charge is 0.108 e. The molecule has 0 saturated heterocycles. The second kappa shape index (κ2) is 5.86. The standard InChI is InChI=1S/C16H27N3O/c1-2-15-17-9-11-19(15)10-7-13-4-3-8-16(13,12-20)18-14-5-6-14/h9,11,13-14,18,20H,2-8,10,12H2,1H3. The van der Waals surface area contributed by atoms with Crippen LogP contribution in [0.5, 0.6) is 0 Å². The van der Waals surface area contributed by atoms with Gasteiger partial charge in [-0.15, -0.1) is 0 Å². The molecule has 0 amide bonds. The van der Waals surface area contributed by atoms with Crippen LogP contribution < -0.4 is 5.32 Å². The van der Waals surface area contributed by atoms with Gasteiger partial charge in [-0.1, -0.05) is 13.3 Å². The van der Waals surface area contributed by atoms with Crippen LogP contribution >= 0.6 is 0 Å². The fraction of sp³-hybridized carbons (Fsp3) is 0.812. The Balaban J connectivity index is 1.63. The normalized spacial score (nSPS) is 30.0. The van der Waals surface area contributed by atoms with Gasteiger partial charge in [0.1, 0.15) is 5.82 Å². The van der Waals surface area contributed by atoms with Gasteiger partial charge in [0, 0.05) is 36.9 Å².